The van der Waals surface area contributed by atoms with E-state index in [4.69, 9.17) is 5.11 Å². The van der Waals surface area contributed by atoms with E-state index in [0.29, 0.717) is 0 Å². The lowest BCUT2D eigenvalue weighted by Crippen LogP contribution is -1.98. The molecule has 1 aromatic carbocycles. The average Bonchev–Trinajstić information content (AvgIpc) is 2.08. The molecule has 0 amide bonds. The first-order valence-corrected chi connectivity index (χ1v) is 4.05. The van der Waals surface area contributed by atoms with Gasteiger partial charge in [-0.2, -0.15) is 0 Å². The quantitative estimate of drug-likeness (QED) is 0.732. The third kappa shape index (κ3) is 4.50. The molecule has 0 radical (unpaired) electrons. The van der Waals surface area contributed by atoms with E-state index in [9.17, 15) is 4.79 Å². The van der Waals surface area contributed by atoms with E-state index < -0.39 is 5.97 Å². The van der Waals surface area contributed by atoms with Crippen molar-refractivity contribution in [1.82, 2.24) is 0 Å². The fraction of sp³-hybridized carbons (Fsp3) is 0.300. The summed E-state index contributed by atoms with van der Waals surface area (Å²) in [5, 5.41) is 8.37. The maximum absolute atomic E-state index is 10.2. The first kappa shape index (κ1) is 10.7. The number of hydrogen-bond donors (Lipinski definition) is 1. The fourth-order valence-corrected chi connectivity index (χ4v) is 0.770. The Labute approximate surface area is 72.9 Å². The normalized spacial score (nSPS) is 8.17. The molecule has 0 aliphatic heterocycles. The van der Waals surface area contributed by atoms with Crippen LogP contribution in [-0.2, 0) is 11.2 Å². The van der Waals surface area contributed by atoms with E-state index >= 15 is 0 Å². The van der Waals surface area contributed by atoms with Crippen LogP contribution in [0.2, 0.25) is 0 Å². The number of benzene rings is 1. The van der Waals surface area contributed by atoms with Gasteiger partial charge in [-0.1, -0.05) is 44.2 Å². The topological polar surface area (TPSA) is 37.3 Å². The van der Waals surface area contributed by atoms with Crippen LogP contribution in [0.5, 0.6) is 0 Å². The highest BCUT2D eigenvalue weighted by Crippen LogP contribution is 1.98. The third-order valence-corrected chi connectivity index (χ3v) is 1.20. The highest BCUT2D eigenvalue weighted by atomic mass is 16.4. The van der Waals surface area contributed by atoms with Gasteiger partial charge in [0.25, 0.3) is 0 Å². The van der Waals surface area contributed by atoms with E-state index in [1.807, 2.05) is 32.0 Å². The third-order valence-electron chi connectivity index (χ3n) is 1.20. The molecule has 1 aromatic rings. The van der Waals surface area contributed by atoms with Gasteiger partial charge >= 0.3 is 5.97 Å². The van der Waals surface area contributed by atoms with Gasteiger partial charge in [-0.3, -0.25) is 4.79 Å². The minimum Gasteiger partial charge on any atom is -0.481 e. The molecule has 0 saturated heterocycles. The van der Waals surface area contributed by atoms with Crippen LogP contribution < -0.4 is 0 Å². The molecule has 0 aromatic heterocycles. The zero-order chi connectivity index (χ0) is 9.40. The van der Waals surface area contributed by atoms with Gasteiger partial charge in [0.15, 0.2) is 0 Å². The Hall–Kier alpha value is -1.31. The molecule has 0 spiro atoms. The molecule has 2 nitrogen and oxygen atoms in total. The SMILES string of the molecule is CC.O=C(O)Cc1ccccc1. The van der Waals surface area contributed by atoms with Crippen molar-refractivity contribution in [2.24, 2.45) is 0 Å². The summed E-state index contributed by atoms with van der Waals surface area (Å²) < 4.78 is 0. The maximum atomic E-state index is 10.2. The molecule has 0 aliphatic rings. The average molecular weight is 166 g/mol. The number of aliphatic carboxylic acids is 1. The summed E-state index contributed by atoms with van der Waals surface area (Å²) in [6, 6.07) is 9.13. The van der Waals surface area contributed by atoms with Crippen molar-refractivity contribution in [3.8, 4) is 0 Å². The number of hydrogen-bond acceptors (Lipinski definition) is 1. The molecule has 0 atom stereocenters. The summed E-state index contributed by atoms with van der Waals surface area (Å²) in [5.74, 6) is -0.786. The standard InChI is InChI=1S/C8H8O2.C2H6/c9-8(10)6-7-4-2-1-3-5-7;1-2/h1-5H,6H2,(H,9,10);1-2H3. The van der Waals surface area contributed by atoms with E-state index in [1.54, 1.807) is 12.1 Å². The second-order valence-electron chi connectivity index (χ2n) is 2.06. The lowest BCUT2D eigenvalue weighted by Gasteiger charge is -1.92. The Morgan fingerprint density at radius 1 is 1.25 bits per heavy atom. The minimum absolute atomic E-state index is 0.112. The van der Waals surface area contributed by atoms with E-state index in [0.717, 1.165) is 5.56 Å². The van der Waals surface area contributed by atoms with Gasteiger partial charge < -0.3 is 5.11 Å². The summed E-state index contributed by atoms with van der Waals surface area (Å²) in [6.07, 6.45) is 0.112. The van der Waals surface area contributed by atoms with Crippen molar-refractivity contribution < 1.29 is 9.90 Å². The lowest BCUT2D eigenvalue weighted by molar-refractivity contribution is -0.136. The number of carboxylic acids is 1. The summed E-state index contributed by atoms with van der Waals surface area (Å²) in [6.45, 7) is 4.00. The first-order chi connectivity index (χ1) is 5.79. The predicted molar refractivity (Wildman–Crippen MR) is 49.1 cm³/mol. The molecule has 0 aliphatic carbocycles. The molecule has 12 heavy (non-hydrogen) atoms. The maximum Gasteiger partial charge on any atom is 0.307 e. The number of carboxylic acid groups (broad SMARTS) is 1. The molecule has 0 fully saturated rings. The summed E-state index contributed by atoms with van der Waals surface area (Å²) in [7, 11) is 0. The van der Waals surface area contributed by atoms with E-state index in [1.165, 1.54) is 0 Å². The Balaban J connectivity index is 0.000000561. The molecule has 0 bridgehead atoms. The Morgan fingerprint density at radius 3 is 2.17 bits per heavy atom. The van der Waals surface area contributed by atoms with Gasteiger partial charge in [-0.05, 0) is 5.56 Å². The van der Waals surface area contributed by atoms with Gasteiger partial charge in [0.1, 0.15) is 0 Å². The van der Waals surface area contributed by atoms with Crippen LogP contribution in [0.3, 0.4) is 0 Å². The Bertz CT molecular complexity index is 217. The van der Waals surface area contributed by atoms with Gasteiger partial charge in [0.2, 0.25) is 0 Å². The second kappa shape index (κ2) is 6.40. The van der Waals surface area contributed by atoms with Crippen LogP contribution in [0.15, 0.2) is 30.3 Å². The molecule has 0 heterocycles. The van der Waals surface area contributed by atoms with Gasteiger partial charge in [-0.25, -0.2) is 0 Å². The van der Waals surface area contributed by atoms with Gasteiger partial charge in [-0.15, -0.1) is 0 Å². The largest absolute Gasteiger partial charge is 0.481 e. The first-order valence-electron chi connectivity index (χ1n) is 4.05. The minimum atomic E-state index is -0.786. The van der Waals surface area contributed by atoms with Crippen molar-refractivity contribution in [3.05, 3.63) is 35.9 Å². The van der Waals surface area contributed by atoms with Crippen molar-refractivity contribution in [1.29, 1.82) is 0 Å². The van der Waals surface area contributed by atoms with E-state index in [-0.39, 0.29) is 6.42 Å². The molecule has 1 rings (SSSR count). The summed E-state index contributed by atoms with van der Waals surface area (Å²) >= 11 is 0. The van der Waals surface area contributed by atoms with Crippen molar-refractivity contribution in [2.75, 3.05) is 0 Å². The Kier molecular flexibility index (Phi) is 5.70. The van der Waals surface area contributed by atoms with Gasteiger partial charge in [0.05, 0.1) is 6.42 Å². The number of rotatable bonds is 2. The molecule has 1 N–H and O–H groups in total. The molecule has 66 valence electrons. The highest BCUT2D eigenvalue weighted by molar-refractivity contribution is 5.70. The van der Waals surface area contributed by atoms with Crippen LogP contribution in [0.25, 0.3) is 0 Å². The summed E-state index contributed by atoms with van der Waals surface area (Å²) in [5.41, 5.74) is 0.843. The molecular formula is C10H14O2. The molecule has 2 heteroatoms. The van der Waals surface area contributed by atoms with Crippen LogP contribution >= 0.6 is 0 Å². The Morgan fingerprint density at radius 2 is 1.75 bits per heavy atom. The van der Waals surface area contributed by atoms with Crippen molar-refractivity contribution in [3.63, 3.8) is 0 Å². The van der Waals surface area contributed by atoms with Gasteiger partial charge in [0, 0.05) is 0 Å². The van der Waals surface area contributed by atoms with Crippen LogP contribution in [0.1, 0.15) is 19.4 Å². The predicted octanol–water partition coefficient (Wildman–Crippen LogP) is 2.34. The fourth-order valence-electron chi connectivity index (χ4n) is 0.770. The smallest absolute Gasteiger partial charge is 0.307 e. The van der Waals surface area contributed by atoms with Crippen LogP contribution in [-0.4, -0.2) is 11.1 Å². The lowest BCUT2D eigenvalue weighted by atomic mass is 10.2. The highest BCUT2D eigenvalue weighted by Gasteiger charge is 1.96. The molecular weight excluding hydrogens is 152 g/mol. The monoisotopic (exact) mass is 166 g/mol. The van der Waals surface area contributed by atoms with Crippen molar-refractivity contribution >= 4 is 5.97 Å². The zero-order valence-corrected chi connectivity index (χ0v) is 7.45. The van der Waals surface area contributed by atoms with Crippen LogP contribution in [0, 0.1) is 0 Å². The molecule has 0 unspecified atom stereocenters. The second-order valence-corrected chi connectivity index (χ2v) is 2.06. The zero-order valence-electron chi connectivity index (χ0n) is 7.45. The number of carbonyl (C=O) groups is 1. The van der Waals surface area contributed by atoms with Crippen molar-refractivity contribution in [2.45, 2.75) is 20.3 Å². The van der Waals surface area contributed by atoms with Crippen LogP contribution in [0.4, 0.5) is 0 Å². The van der Waals surface area contributed by atoms with E-state index in [2.05, 4.69) is 0 Å². The summed E-state index contributed by atoms with van der Waals surface area (Å²) in [4.78, 5) is 10.2. The molecule has 0 saturated carbocycles.